The SMILES string of the molecule is C1=C(Sc2ccccc2)CCC1. The lowest BCUT2D eigenvalue weighted by molar-refractivity contribution is 0.925. The molecule has 0 unspecified atom stereocenters. The largest absolute Gasteiger partial charge is 0.0949 e. The van der Waals surface area contributed by atoms with E-state index in [2.05, 4.69) is 36.4 Å². The van der Waals surface area contributed by atoms with Gasteiger partial charge in [-0.05, 0) is 36.3 Å². The van der Waals surface area contributed by atoms with Gasteiger partial charge in [0.2, 0.25) is 0 Å². The molecule has 1 aliphatic carbocycles. The third-order valence-corrected chi connectivity index (χ3v) is 3.13. The Morgan fingerprint density at radius 3 is 2.58 bits per heavy atom. The summed E-state index contributed by atoms with van der Waals surface area (Å²) in [5, 5.41) is 0. The molecule has 0 radical (unpaired) electrons. The van der Waals surface area contributed by atoms with Crippen molar-refractivity contribution in [2.24, 2.45) is 0 Å². The van der Waals surface area contributed by atoms with Crippen molar-refractivity contribution in [3.8, 4) is 0 Å². The Morgan fingerprint density at radius 2 is 1.92 bits per heavy atom. The molecule has 1 aromatic rings. The van der Waals surface area contributed by atoms with Gasteiger partial charge in [-0.15, -0.1) is 0 Å². The summed E-state index contributed by atoms with van der Waals surface area (Å²) in [4.78, 5) is 2.91. The Hall–Kier alpha value is -0.690. The minimum absolute atomic E-state index is 1.27. The van der Waals surface area contributed by atoms with Crippen molar-refractivity contribution in [1.82, 2.24) is 0 Å². The lowest BCUT2D eigenvalue weighted by atomic mass is 10.4. The van der Waals surface area contributed by atoms with Gasteiger partial charge in [0.15, 0.2) is 0 Å². The van der Waals surface area contributed by atoms with Crippen LogP contribution in [0, 0.1) is 0 Å². The maximum Gasteiger partial charge on any atom is 0.0118 e. The molecule has 0 aromatic heterocycles. The third kappa shape index (κ3) is 1.92. The molecule has 1 aliphatic rings. The Morgan fingerprint density at radius 1 is 1.08 bits per heavy atom. The normalized spacial score (nSPS) is 16.2. The number of allylic oxidation sites excluding steroid dienone is 2. The summed E-state index contributed by atoms with van der Waals surface area (Å²) in [7, 11) is 0. The second-order valence-corrected chi connectivity index (χ2v) is 4.18. The van der Waals surface area contributed by atoms with Gasteiger partial charge in [-0.3, -0.25) is 0 Å². The van der Waals surface area contributed by atoms with E-state index in [-0.39, 0.29) is 0 Å². The molecule has 1 heteroatoms. The first-order valence-corrected chi connectivity index (χ1v) is 5.19. The van der Waals surface area contributed by atoms with Crippen LogP contribution in [0.1, 0.15) is 19.3 Å². The topological polar surface area (TPSA) is 0 Å². The lowest BCUT2D eigenvalue weighted by Gasteiger charge is -2.00. The number of hydrogen-bond donors (Lipinski definition) is 0. The molecule has 0 spiro atoms. The van der Waals surface area contributed by atoms with Gasteiger partial charge in [-0.2, -0.15) is 0 Å². The van der Waals surface area contributed by atoms with Crippen molar-refractivity contribution in [3.63, 3.8) is 0 Å². The van der Waals surface area contributed by atoms with Crippen molar-refractivity contribution in [1.29, 1.82) is 0 Å². The monoisotopic (exact) mass is 176 g/mol. The molecule has 12 heavy (non-hydrogen) atoms. The van der Waals surface area contributed by atoms with Gasteiger partial charge >= 0.3 is 0 Å². The zero-order valence-corrected chi connectivity index (χ0v) is 7.81. The van der Waals surface area contributed by atoms with Gasteiger partial charge in [0.25, 0.3) is 0 Å². The number of hydrogen-bond acceptors (Lipinski definition) is 1. The summed E-state index contributed by atoms with van der Waals surface area (Å²) >= 11 is 1.91. The zero-order valence-electron chi connectivity index (χ0n) is 6.99. The fraction of sp³-hybridized carbons (Fsp3) is 0.273. The zero-order chi connectivity index (χ0) is 8.23. The molecule has 0 bridgehead atoms. The van der Waals surface area contributed by atoms with Gasteiger partial charge in [0.1, 0.15) is 0 Å². The van der Waals surface area contributed by atoms with E-state index in [0.29, 0.717) is 0 Å². The van der Waals surface area contributed by atoms with Gasteiger partial charge < -0.3 is 0 Å². The van der Waals surface area contributed by atoms with Crippen LogP contribution in [-0.4, -0.2) is 0 Å². The lowest BCUT2D eigenvalue weighted by Crippen LogP contribution is -1.71. The molecular formula is C11H12S. The average molecular weight is 176 g/mol. The Balaban J connectivity index is 2.04. The predicted molar refractivity (Wildman–Crippen MR) is 54.2 cm³/mol. The molecule has 0 aliphatic heterocycles. The Kier molecular flexibility index (Phi) is 2.52. The third-order valence-electron chi connectivity index (χ3n) is 1.99. The van der Waals surface area contributed by atoms with Crippen LogP contribution in [0.3, 0.4) is 0 Å². The average Bonchev–Trinajstić information content (AvgIpc) is 2.59. The highest BCUT2D eigenvalue weighted by Crippen LogP contribution is 2.33. The van der Waals surface area contributed by atoms with E-state index in [1.54, 1.807) is 4.91 Å². The van der Waals surface area contributed by atoms with Crippen LogP contribution < -0.4 is 0 Å². The highest BCUT2D eigenvalue weighted by Gasteiger charge is 2.04. The van der Waals surface area contributed by atoms with E-state index in [1.165, 1.54) is 24.2 Å². The number of benzene rings is 1. The first-order chi connectivity index (χ1) is 5.95. The summed E-state index contributed by atoms with van der Waals surface area (Å²) in [5.41, 5.74) is 0. The maximum atomic E-state index is 2.36. The molecule has 1 aromatic carbocycles. The molecule has 0 amide bonds. The van der Waals surface area contributed by atoms with Crippen LogP contribution in [0.15, 0.2) is 46.2 Å². The minimum Gasteiger partial charge on any atom is -0.0949 e. The van der Waals surface area contributed by atoms with Gasteiger partial charge in [0, 0.05) is 4.90 Å². The molecule has 0 N–H and O–H groups in total. The summed E-state index contributed by atoms with van der Waals surface area (Å²) < 4.78 is 0. The van der Waals surface area contributed by atoms with E-state index in [4.69, 9.17) is 0 Å². The standard InChI is InChI=1S/C11H12S/c1-2-6-10(7-3-1)12-11-8-4-5-9-11/h1-3,6-8H,4-5,9H2. The molecular weight excluding hydrogens is 164 g/mol. The van der Waals surface area contributed by atoms with Gasteiger partial charge in [-0.1, -0.05) is 36.0 Å². The van der Waals surface area contributed by atoms with Crippen LogP contribution in [0.4, 0.5) is 0 Å². The van der Waals surface area contributed by atoms with E-state index in [1.807, 2.05) is 11.8 Å². The van der Waals surface area contributed by atoms with Crippen molar-refractivity contribution >= 4 is 11.8 Å². The molecule has 0 atom stereocenters. The van der Waals surface area contributed by atoms with Crippen LogP contribution in [0.5, 0.6) is 0 Å². The minimum atomic E-state index is 1.27. The van der Waals surface area contributed by atoms with Crippen molar-refractivity contribution in [3.05, 3.63) is 41.3 Å². The second kappa shape index (κ2) is 3.81. The van der Waals surface area contributed by atoms with Crippen LogP contribution in [0.2, 0.25) is 0 Å². The Labute approximate surface area is 77.7 Å². The molecule has 0 saturated carbocycles. The fourth-order valence-corrected chi connectivity index (χ4v) is 2.42. The summed E-state index contributed by atoms with van der Waals surface area (Å²) in [5.74, 6) is 0. The predicted octanol–water partition coefficient (Wildman–Crippen LogP) is 3.85. The first kappa shape index (κ1) is 7.93. The summed E-state index contributed by atoms with van der Waals surface area (Å²) in [6, 6.07) is 10.6. The van der Waals surface area contributed by atoms with Crippen LogP contribution in [0.25, 0.3) is 0 Å². The van der Waals surface area contributed by atoms with E-state index >= 15 is 0 Å². The van der Waals surface area contributed by atoms with Crippen molar-refractivity contribution in [2.75, 3.05) is 0 Å². The highest BCUT2D eigenvalue weighted by molar-refractivity contribution is 8.03. The quantitative estimate of drug-likeness (QED) is 0.659. The number of thioether (sulfide) groups is 1. The van der Waals surface area contributed by atoms with Gasteiger partial charge in [-0.25, -0.2) is 0 Å². The molecule has 2 rings (SSSR count). The summed E-state index contributed by atoms with van der Waals surface area (Å²) in [6.45, 7) is 0. The molecule has 0 fully saturated rings. The van der Waals surface area contributed by atoms with E-state index < -0.39 is 0 Å². The summed E-state index contributed by atoms with van der Waals surface area (Å²) in [6.07, 6.45) is 6.25. The smallest absolute Gasteiger partial charge is 0.0118 e. The molecule has 0 heterocycles. The molecule has 62 valence electrons. The van der Waals surface area contributed by atoms with Crippen LogP contribution >= 0.6 is 11.8 Å². The fourth-order valence-electron chi connectivity index (χ4n) is 1.37. The second-order valence-electron chi connectivity index (χ2n) is 2.98. The number of rotatable bonds is 2. The Bertz CT molecular complexity index is 274. The van der Waals surface area contributed by atoms with E-state index in [0.717, 1.165) is 0 Å². The molecule has 0 nitrogen and oxygen atoms in total. The maximum absolute atomic E-state index is 2.36. The van der Waals surface area contributed by atoms with E-state index in [9.17, 15) is 0 Å². The van der Waals surface area contributed by atoms with Crippen LogP contribution in [-0.2, 0) is 0 Å². The van der Waals surface area contributed by atoms with Crippen molar-refractivity contribution in [2.45, 2.75) is 24.2 Å². The van der Waals surface area contributed by atoms with Gasteiger partial charge in [0.05, 0.1) is 0 Å². The highest BCUT2D eigenvalue weighted by atomic mass is 32.2. The molecule has 0 saturated heterocycles. The first-order valence-electron chi connectivity index (χ1n) is 4.37. The van der Waals surface area contributed by atoms with Crippen molar-refractivity contribution < 1.29 is 0 Å².